The predicted molar refractivity (Wildman–Crippen MR) is 126 cm³/mol. The van der Waals surface area contributed by atoms with Gasteiger partial charge >= 0.3 is 0 Å². The minimum atomic E-state index is -3.36. The van der Waals surface area contributed by atoms with Gasteiger partial charge in [-0.05, 0) is 60.7 Å². The van der Waals surface area contributed by atoms with Gasteiger partial charge in [0.15, 0.2) is 14.7 Å². The zero-order valence-electron chi connectivity index (χ0n) is 17.3. The van der Waals surface area contributed by atoms with Crippen LogP contribution < -0.4 is 4.72 Å². The molecule has 156 valence electrons. The van der Waals surface area contributed by atoms with Crippen molar-refractivity contribution in [3.8, 4) is 0 Å². The van der Waals surface area contributed by atoms with Gasteiger partial charge in [0.2, 0.25) is 10.0 Å². The molecule has 0 spiro atoms. The largest absolute Gasteiger partial charge is 0.279 e. The normalized spacial score (nSPS) is 16.2. The van der Waals surface area contributed by atoms with E-state index in [1.54, 1.807) is 0 Å². The van der Waals surface area contributed by atoms with Crippen LogP contribution >= 0.6 is 0 Å². The van der Waals surface area contributed by atoms with E-state index in [9.17, 15) is 8.42 Å². The van der Waals surface area contributed by atoms with E-state index in [-0.39, 0.29) is 0 Å². The van der Waals surface area contributed by atoms with Gasteiger partial charge in [-0.2, -0.15) is 0 Å². The maximum absolute atomic E-state index is 12.0. The number of nitrogens with one attached hydrogen (secondary N) is 1. The first-order chi connectivity index (χ1) is 14.5. The molecule has 1 aliphatic carbocycles. The maximum Gasteiger partial charge on any atom is 0.229 e. The molecule has 3 aromatic rings. The summed E-state index contributed by atoms with van der Waals surface area (Å²) in [6, 6.07) is 27.1. The number of benzene rings is 3. The van der Waals surface area contributed by atoms with Crippen molar-refractivity contribution in [2.24, 2.45) is 0 Å². The molecule has 0 radical (unpaired) electrons. The van der Waals surface area contributed by atoms with Crippen LogP contribution in [0.3, 0.4) is 0 Å². The fraction of sp³-hybridized carbons (Fsp3) is 0.280. The fourth-order valence-electron chi connectivity index (χ4n) is 4.19. The molecule has 1 aliphatic rings. The second-order valence-corrected chi connectivity index (χ2v) is 11.6. The lowest BCUT2D eigenvalue weighted by Gasteiger charge is -2.22. The number of sulfonamides is 1. The average Bonchev–Trinajstić information content (AvgIpc) is 2.76. The van der Waals surface area contributed by atoms with Gasteiger partial charge in [0.1, 0.15) is 16.6 Å². The van der Waals surface area contributed by atoms with Crippen molar-refractivity contribution >= 4 is 26.6 Å². The molecule has 1 N–H and O–H groups in total. The molecular formula is C25H28NO2S2+. The quantitative estimate of drug-likeness (QED) is 0.466. The third kappa shape index (κ3) is 5.08. The number of rotatable bonds is 6. The Morgan fingerprint density at radius 1 is 0.767 bits per heavy atom. The molecule has 4 rings (SSSR count). The van der Waals surface area contributed by atoms with Crippen molar-refractivity contribution < 1.29 is 8.42 Å². The van der Waals surface area contributed by atoms with Crippen molar-refractivity contribution in [2.45, 2.75) is 52.7 Å². The Morgan fingerprint density at radius 3 is 2.03 bits per heavy atom. The summed E-state index contributed by atoms with van der Waals surface area (Å²) in [4.78, 5) is 3.36. The molecule has 5 heteroatoms. The van der Waals surface area contributed by atoms with E-state index in [1.165, 1.54) is 53.7 Å². The molecule has 1 saturated carbocycles. The van der Waals surface area contributed by atoms with Gasteiger partial charge in [-0.3, -0.25) is 4.72 Å². The van der Waals surface area contributed by atoms with E-state index in [2.05, 4.69) is 41.1 Å². The number of para-hydroxylation sites is 1. The molecular weight excluding hydrogens is 410 g/mol. The molecule has 0 aliphatic heterocycles. The van der Waals surface area contributed by atoms with Crippen LogP contribution in [-0.4, -0.2) is 14.7 Å². The van der Waals surface area contributed by atoms with E-state index in [4.69, 9.17) is 0 Å². The van der Waals surface area contributed by atoms with Gasteiger partial charge in [-0.15, -0.1) is 0 Å². The molecule has 3 aromatic carbocycles. The highest BCUT2D eigenvalue weighted by Gasteiger charge is 2.32. The average molecular weight is 439 g/mol. The highest BCUT2D eigenvalue weighted by Crippen LogP contribution is 2.38. The van der Waals surface area contributed by atoms with Crippen molar-refractivity contribution in [3.05, 3.63) is 84.4 Å². The summed E-state index contributed by atoms with van der Waals surface area (Å²) in [5, 5.41) is 0. The van der Waals surface area contributed by atoms with Crippen LogP contribution in [-0.2, 0) is 20.9 Å². The van der Waals surface area contributed by atoms with Crippen LogP contribution in [0.15, 0.2) is 93.5 Å². The minimum Gasteiger partial charge on any atom is -0.279 e. The summed E-state index contributed by atoms with van der Waals surface area (Å²) in [6.45, 7) is 0. The van der Waals surface area contributed by atoms with Crippen molar-refractivity contribution in [3.63, 3.8) is 0 Å². The van der Waals surface area contributed by atoms with Crippen molar-refractivity contribution in [1.29, 1.82) is 0 Å². The monoisotopic (exact) mass is 438 g/mol. The standard InChI is InChI=1S/C25H28NO2S2/c1-30(27,28)26-24-14-8-9-15-25(24)29(22-12-6-3-7-13-22)23-18-16-21(17-19-23)20-10-4-2-5-11-20/h3,6-9,12-20,26H,2,4-5,10-11H2,1H3/q+1. The number of anilines is 1. The highest BCUT2D eigenvalue weighted by molar-refractivity contribution is 7.97. The molecule has 1 unspecified atom stereocenters. The summed E-state index contributed by atoms with van der Waals surface area (Å²) in [5.41, 5.74) is 2.07. The van der Waals surface area contributed by atoms with Crippen LogP contribution in [0.5, 0.6) is 0 Å². The van der Waals surface area contributed by atoms with Gasteiger partial charge in [0, 0.05) is 0 Å². The van der Waals surface area contributed by atoms with E-state index in [1.807, 2.05) is 42.5 Å². The first-order valence-corrected chi connectivity index (χ1v) is 13.6. The van der Waals surface area contributed by atoms with Crippen molar-refractivity contribution in [1.82, 2.24) is 0 Å². The predicted octanol–water partition coefficient (Wildman–Crippen LogP) is 6.20. The van der Waals surface area contributed by atoms with Crippen LogP contribution in [0.1, 0.15) is 43.6 Å². The first-order valence-electron chi connectivity index (χ1n) is 10.5. The molecule has 1 atom stereocenters. The second-order valence-electron chi connectivity index (χ2n) is 7.89. The van der Waals surface area contributed by atoms with Gasteiger partial charge < -0.3 is 0 Å². The fourth-order valence-corrected chi connectivity index (χ4v) is 7.00. The summed E-state index contributed by atoms with van der Waals surface area (Å²) < 4.78 is 26.6. The Bertz CT molecular complexity index is 1070. The molecule has 0 heterocycles. The Balaban J connectivity index is 1.75. The van der Waals surface area contributed by atoms with Crippen LogP contribution in [0.4, 0.5) is 5.69 Å². The van der Waals surface area contributed by atoms with Gasteiger partial charge in [-0.25, -0.2) is 8.42 Å². The highest BCUT2D eigenvalue weighted by atomic mass is 32.2. The lowest BCUT2D eigenvalue weighted by Crippen LogP contribution is -2.14. The third-order valence-electron chi connectivity index (χ3n) is 5.57. The number of hydrogen-bond donors (Lipinski definition) is 1. The molecule has 0 saturated heterocycles. The molecule has 3 nitrogen and oxygen atoms in total. The lowest BCUT2D eigenvalue weighted by molar-refractivity contribution is 0.443. The third-order valence-corrected chi connectivity index (χ3v) is 8.45. The molecule has 0 amide bonds. The second kappa shape index (κ2) is 9.27. The maximum atomic E-state index is 12.0. The van der Waals surface area contributed by atoms with Crippen LogP contribution in [0, 0.1) is 0 Å². The van der Waals surface area contributed by atoms with E-state index in [0.717, 1.165) is 4.90 Å². The first kappa shape index (κ1) is 21.0. The summed E-state index contributed by atoms with van der Waals surface area (Å²) in [7, 11) is -3.77. The number of hydrogen-bond acceptors (Lipinski definition) is 2. The zero-order chi connectivity index (χ0) is 21.0. The smallest absolute Gasteiger partial charge is 0.229 e. The molecule has 1 fully saturated rings. The van der Waals surface area contributed by atoms with Crippen molar-refractivity contribution in [2.75, 3.05) is 11.0 Å². The van der Waals surface area contributed by atoms with Gasteiger partial charge in [0.05, 0.1) is 6.26 Å². The topological polar surface area (TPSA) is 46.2 Å². The summed E-state index contributed by atoms with van der Waals surface area (Å²) >= 11 is 0. The summed E-state index contributed by atoms with van der Waals surface area (Å²) in [6.07, 6.45) is 7.77. The van der Waals surface area contributed by atoms with Crippen LogP contribution in [0.2, 0.25) is 0 Å². The molecule has 30 heavy (non-hydrogen) atoms. The van der Waals surface area contributed by atoms with E-state index >= 15 is 0 Å². The summed E-state index contributed by atoms with van der Waals surface area (Å²) in [5.74, 6) is 0.672. The zero-order valence-corrected chi connectivity index (χ0v) is 18.9. The Kier molecular flexibility index (Phi) is 6.49. The Labute approximate surface area is 182 Å². The lowest BCUT2D eigenvalue weighted by atomic mass is 9.84. The van der Waals surface area contributed by atoms with Crippen LogP contribution in [0.25, 0.3) is 0 Å². The van der Waals surface area contributed by atoms with E-state index < -0.39 is 20.9 Å². The Morgan fingerprint density at radius 2 is 1.37 bits per heavy atom. The SMILES string of the molecule is CS(=O)(=O)Nc1ccccc1[S+](c1ccccc1)c1ccc(C2CCCCC2)cc1. The van der Waals surface area contributed by atoms with E-state index in [0.29, 0.717) is 11.6 Å². The minimum absolute atomic E-state index is 0.401. The van der Waals surface area contributed by atoms with Gasteiger partial charge in [-0.1, -0.05) is 61.7 Å². The van der Waals surface area contributed by atoms with Gasteiger partial charge in [0.25, 0.3) is 0 Å². The molecule has 0 bridgehead atoms. The molecule has 0 aromatic heterocycles. The Hall–Kier alpha value is -2.24.